The van der Waals surface area contributed by atoms with Crippen molar-refractivity contribution in [1.29, 1.82) is 0 Å². The molecule has 0 heterocycles. The first kappa shape index (κ1) is 58.2. The molecule has 8 heteroatoms. The average molecular weight is 851 g/mol. The molecule has 0 rings (SSSR count). The second kappa shape index (κ2) is 43.8. The maximum atomic E-state index is 12.8. The summed E-state index contributed by atoms with van der Waals surface area (Å²) in [6.45, 7) is 16.7. The lowest BCUT2D eigenvalue weighted by Gasteiger charge is -2.23. The van der Waals surface area contributed by atoms with Crippen LogP contribution in [0.3, 0.4) is 0 Å². The highest BCUT2D eigenvalue weighted by Crippen LogP contribution is 2.19. The number of hydrogen-bond donors (Lipinski definition) is 1. The molecule has 0 spiro atoms. The Balaban J connectivity index is 4.42. The number of alkyl carbamates (subject to hydrolysis) is 1. The number of nitrogens with one attached hydrogen (secondary N) is 1. The molecule has 60 heavy (non-hydrogen) atoms. The molecule has 0 aliphatic carbocycles. The Labute approximate surface area is 372 Å². The number of ether oxygens (including phenoxy) is 3. The predicted octanol–water partition coefficient (Wildman–Crippen LogP) is 15.4. The van der Waals surface area contributed by atoms with Crippen LogP contribution >= 0.6 is 0 Å². The van der Waals surface area contributed by atoms with E-state index in [1.165, 1.54) is 122 Å². The number of rotatable bonds is 45. The summed E-state index contributed by atoms with van der Waals surface area (Å²) in [5, 5.41) is 2.91. The Morgan fingerprint density at radius 2 is 0.850 bits per heavy atom. The van der Waals surface area contributed by atoms with E-state index in [0.29, 0.717) is 26.0 Å². The van der Waals surface area contributed by atoms with Gasteiger partial charge < -0.3 is 24.4 Å². The molecule has 0 saturated heterocycles. The van der Waals surface area contributed by atoms with Crippen molar-refractivity contribution in [2.75, 3.05) is 32.8 Å². The van der Waals surface area contributed by atoms with Gasteiger partial charge in [0.1, 0.15) is 11.7 Å². The van der Waals surface area contributed by atoms with Crippen LogP contribution in [0.15, 0.2) is 0 Å². The van der Waals surface area contributed by atoms with Crippen LogP contribution in [0, 0.1) is 0 Å². The third-order valence-electron chi connectivity index (χ3n) is 11.6. The standard InChI is InChI=1S/C52H102N2O6/c1-7-10-13-16-19-20-21-30-37-47-58-49(55)41-33-26-22-28-35-44-54(46-38-43-53-51(57)60-52(4,5)6)45-36-29-23-27-34-42-50(56)59-48(39-31-24-17-14-11-8-2)40-32-25-18-15-12-9-3/h48H,7-47H2,1-6H3,(H,53,57). The van der Waals surface area contributed by atoms with Crippen molar-refractivity contribution in [3.05, 3.63) is 0 Å². The van der Waals surface area contributed by atoms with Crippen LogP contribution in [0.1, 0.15) is 273 Å². The Morgan fingerprint density at radius 3 is 1.32 bits per heavy atom. The Bertz CT molecular complexity index is 937. The first-order valence-corrected chi connectivity index (χ1v) is 26.2. The van der Waals surface area contributed by atoms with E-state index >= 15 is 0 Å². The van der Waals surface area contributed by atoms with Crippen LogP contribution in [0.2, 0.25) is 0 Å². The lowest BCUT2D eigenvalue weighted by Crippen LogP contribution is -2.35. The highest BCUT2D eigenvalue weighted by atomic mass is 16.6. The second-order valence-electron chi connectivity index (χ2n) is 18.9. The van der Waals surface area contributed by atoms with Gasteiger partial charge in [0.05, 0.1) is 6.61 Å². The van der Waals surface area contributed by atoms with Crippen molar-refractivity contribution in [3.8, 4) is 0 Å². The van der Waals surface area contributed by atoms with Crippen LogP contribution in [0.25, 0.3) is 0 Å². The highest BCUT2D eigenvalue weighted by Gasteiger charge is 2.16. The zero-order valence-corrected chi connectivity index (χ0v) is 41.0. The van der Waals surface area contributed by atoms with Crippen LogP contribution in [-0.4, -0.2) is 67.4 Å². The fourth-order valence-electron chi connectivity index (χ4n) is 7.90. The lowest BCUT2D eigenvalue weighted by atomic mass is 10.0. The topological polar surface area (TPSA) is 94.2 Å². The molecule has 0 atom stereocenters. The van der Waals surface area contributed by atoms with Crippen LogP contribution in [-0.2, 0) is 23.8 Å². The van der Waals surface area contributed by atoms with E-state index in [0.717, 1.165) is 116 Å². The van der Waals surface area contributed by atoms with Crippen LogP contribution in [0.5, 0.6) is 0 Å². The minimum atomic E-state index is -0.494. The van der Waals surface area contributed by atoms with Gasteiger partial charge in [-0.05, 0) is 105 Å². The fourth-order valence-corrected chi connectivity index (χ4v) is 7.90. The van der Waals surface area contributed by atoms with Gasteiger partial charge in [-0.15, -0.1) is 0 Å². The third-order valence-corrected chi connectivity index (χ3v) is 11.6. The molecule has 1 N–H and O–H groups in total. The largest absolute Gasteiger partial charge is 0.466 e. The molecule has 1 amide bonds. The van der Waals surface area contributed by atoms with Gasteiger partial charge in [-0.2, -0.15) is 0 Å². The smallest absolute Gasteiger partial charge is 0.407 e. The van der Waals surface area contributed by atoms with E-state index in [1.54, 1.807) is 0 Å². The van der Waals surface area contributed by atoms with Gasteiger partial charge in [0.25, 0.3) is 0 Å². The van der Waals surface area contributed by atoms with Crippen molar-refractivity contribution >= 4 is 18.0 Å². The summed E-state index contributed by atoms with van der Waals surface area (Å²) in [5.41, 5.74) is -0.494. The van der Waals surface area contributed by atoms with Gasteiger partial charge >= 0.3 is 18.0 Å². The van der Waals surface area contributed by atoms with Crippen molar-refractivity contribution in [2.45, 2.75) is 284 Å². The van der Waals surface area contributed by atoms with E-state index in [1.807, 2.05) is 20.8 Å². The molecule has 0 saturated carbocycles. The van der Waals surface area contributed by atoms with Crippen molar-refractivity contribution in [1.82, 2.24) is 10.2 Å². The summed E-state index contributed by atoms with van der Waals surface area (Å²) in [6.07, 6.45) is 41.4. The molecule has 0 fully saturated rings. The molecule has 0 aromatic heterocycles. The highest BCUT2D eigenvalue weighted by molar-refractivity contribution is 5.69. The number of esters is 2. The zero-order valence-electron chi connectivity index (χ0n) is 41.0. The number of amides is 1. The van der Waals surface area contributed by atoms with Gasteiger partial charge in [0, 0.05) is 19.4 Å². The maximum absolute atomic E-state index is 12.8. The lowest BCUT2D eigenvalue weighted by molar-refractivity contribution is -0.150. The molecule has 0 unspecified atom stereocenters. The van der Waals surface area contributed by atoms with Gasteiger partial charge in [-0.1, -0.05) is 175 Å². The first-order chi connectivity index (χ1) is 29.1. The molecule has 0 radical (unpaired) electrons. The summed E-state index contributed by atoms with van der Waals surface area (Å²) < 4.78 is 17.0. The third kappa shape index (κ3) is 44.2. The number of nitrogens with zero attached hydrogens (tertiary/aromatic N) is 1. The van der Waals surface area contributed by atoms with Crippen molar-refractivity contribution < 1.29 is 28.6 Å². The number of carbonyl (C=O) groups excluding carboxylic acids is 3. The Hall–Kier alpha value is -1.83. The molecule has 8 nitrogen and oxygen atoms in total. The predicted molar refractivity (Wildman–Crippen MR) is 255 cm³/mol. The Kier molecular flexibility index (Phi) is 42.5. The van der Waals surface area contributed by atoms with Crippen molar-refractivity contribution in [2.24, 2.45) is 0 Å². The van der Waals surface area contributed by atoms with E-state index in [4.69, 9.17) is 14.2 Å². The summed E-state index contributed by atoms with van der Waals surface area (Å²) in [5.74, 6) is -0.0284. The van der Waals surface area contributed by atoms with E-state index in [-0.39, 0.29) is 24.1 Å². The van der Waals surface area contributed by atoms with E-state index in [9.17, 15) is 14.4 Å². The minimum Gasteiger partial charge on any atom is -0.466 e. The quantitative estimate of drug-likeness (QED) is 0.0370. The van der Waals surface area contributed by atoms with E-state index < -0.39 is 5.60 Å². The summed E-state index contributed by atoms with van der Waals surface area (Å²) >= 11 is 0. The summed E-state index contributed by atoms with van der Waals surface area (Å²) in [6, 6.07) is 0. The normalized spacial score (nSPS) is 11.7. The van der Waals surface area contributed by atoms with Crippen LogP contribution < -0.4 is 5.32 Å². The number of carbonyl (C=O) groups is 3. The van der Waals surface area contributed by atoms with Gasteiger partial charge in [-0.25, -0.2) is 4.79 Å². The minimum absolute atomic E-state index is 0.00686. The monoisotopic (exact) mass is 851 g/mol. The maximum Gasteiger partial charge on any atom is 0.407 e. The zero-order chi connectivity index (χ0) is 44.2. The molecule has 356 valence electrons. The summed E-state index contributed by atoms with van der Waals surface area (Å²) in [7, 11) is 0. The van der Waals surface area contributed by atoms with Gasteiger partial charge in [0.15, 0.2) is 0 Å². The number of hydrogen-bond acceptors (Lipinski definition) is 7. The molecule has 0 aromatic carbocycles. The van der Waals surface area contributed by atoms with Gasteiger partial charge in [-0.3, -0.25) is 9.59 Å². The van der Waals surface area contributed by atoms with Gasteiger partial charge in [0.2, 0.25) is 0 Å². The van der Waals surface area contributed by atoms with Crippen LogP contribution in [0.4, 0.5) is 4.79 Å². The molecule has 0 aliphatic heterocycles. The molecule has 0 aliphatic rings. The number of unbranched alkanes of at least 4 members (excludes halogenated alkanes) is 26. The van der Waals surface area contributed by atoms with E-state index in [2.05, 4.69) is 31.0 Å². The van der Waals surface area contributed by atoms with Crippen molar-refractivity contribution in [3.63, 3.8) is 0 Å². The Morgan fingerprint density at radius 1 is 0.467 bits per heavy atom. The summed E-state index contributed by atoms with van der Waals surface area (Å²) in [4.78, 5) is 39.7. The fraction of sp³-hybridized carbons (Fsp3) is 0.942. The molecule has 0 aromatic rings. The first-order valence-electron chi connectivity index (χ1n) is 26.2. The molecule has 0 bridgehead atoms. The average Bonchev–Trinajstić information content (AvgIpc) is 3.20. The second-order valence-corrected chi connectivity index (χ2v) is 18.9. The molecular weight excluding hydrogens is 749 g/mol. The SMILES string of the molecule is CCCCCCCCCCCOC(=O)CCCCCCCN(CCCCCCCC(=O)OC(CCCCCCCC)CCCCCCCC)CCCNC(=O)OC(C)(C)C. The molecular formula is C52H102N2O6.